The minimum atomic E-state index is -1.000. The Kier molecular flexibility index (Phi) is 3.87. The van der Waals surface area contributed by atoms with Gasteiger partial charge in [0, 0.05) is 44.5 Å². The van der Waals surface area contributed by atoms with Gasteiger partial charge in [0.15, 0.2) is 6.10 Å². The van der Waals surface area contributed by atoms with Gasteiger partial charge in [0.05, 0.1) is 5.69 Å². The smallest absolute Gasteiger partial charge is 0.260 e. The van der Waals surface area contributed by atoms with Crippen molar-refractivity contribution in [2.24, 2.45) is 0 Å². The molecule has 5 heteroatoms. The number of anilines is 2. The van der Waals surface area contributed by atoms with Crippen LogP contribution < -0.4 is 9.80 Å². The highest BCUT2D eigenvalue weighted by atomic mass is 16.3. The Hall–Kier alpha value is -1.59. The molecule has 2 heterocycles. The van der Waals surface area contributed by atoms with E-state index in [-0.39, 0.29) is 5.91 Å². The maximum Gasteiger partial charge on any atom is 0.260 e. The van der Waals surface area contributed by atoms with E-state index in [1.807, 2.05) is 18.2 Å². The first-order chi connectivity index (χ1) is 10.1. The highest BCUT2D eigenvalue weighted by Gasteiger charge is 2.34. The molecule has 5 nitrogen and oxygen atoms in total. The Morgan fingerprint density at radius 3 is 2.62 bits per heavy atom. The molecule has 1 N–H and O–H groups in total. The second-order valence-electron chi connectivity index (χ2n) is 5.87. The lowest BCUT2D eigenvalue weighted by atomic mass is 10.1. The minimum Gasteiger partial charge on any atom is -0.378 e. The third kappa shape index (κ3) is 2.51. The average Bonchev–Trinajstić information content (AvgIpc) is 2.73. The molecule has 0 spiro atoms. The molecule has 1 amide bonds. The van der Waals surface area contributed by atoms with Crippen LogP contribution in [0.15, 0.2) is 18.2 Å². The third-order valence-electron chi connectivity index (χ3n) is 4.51. The first-order valence-corrected chi connectivity index (χ1v) is 7.68. The minimum absolute atomic E-state index is 0.241. The molecule has 0 aromatic heterocycles. The summed E-state index contributed by atoms with van der Waals surface area (Å²) < 4.78 is 0. The highest BCUT2D eigenvalue weighted by Crippen LogP contribution is 2.37. The summed E-state index contributed by atoms with van der Waals surface area (Å²) in [6, 6.07) is 5.93. The molecule has 3 rings (SSSR count). The average molecular weight is 289 g/mol. The van der Waals surface area contributed by atoms with E-state index in [4.69, 9.17) is 0 Å². The molecule has 2 aliphatic heterocycles. The molecular formula is C16H23N3O2. The fraction of sp³-hybridized carbons (Fsp3) is 0.562. The molecule has 2 aliphatic rings. The Morgan fingerprint density at radius 2 is 1.95 bits per heavy atom. The first-order valence-electron chi connectivity index (χ1n) is 7.68. The lowest BCUT2D eigenvalue weighted by Gasteiger charge is -2.36. The van der Waals surface area contributed by atoms with Gasteiger partial charge < -0.3 is 14.9 Å². The van der Waals surface area contributed by atoms with Crippen LogP contribution in [0.5, 0.6) is 0 Å². The van der Waals surface area contributed by atoms with Crippen molar-refractivity contribution in [3.63, 3.8) is 0 Å². The van der Waals surface area contributed by atoms with Gasteiger partial charge in [-0.1, -0.05) is 13.0 Å². The molecule has 0 aliphatic carbocycles. The maximum absolute atomic E-state index is 11.8. The number of hydrogen-bond acceptors (Lipinski definition) is 4. The summed E-state index contributed by atoms with van der Waals surface area (Å²) in [5.41, 5.74) is 2.69. The summed E-state index contributed by atoms with van der Waals surface area (Å²) in [5, 5.41) is 9.90. The monoisotopic (exact) mass is 289 g/mol. The molecular weight excluding hydrogens is 266 g/mol. The third-order valence-corrected chi connectivity index (χ3v) is 4.51. The Morgan fingerprint density at radius 1 is 1.24 bits per heavy atom. The van der Waals surface area contributed by atoms with Crippen LogP contribution in [-0.2, 0) is 4.79 Å². The fourth-order valence-electron chi connectivity index (χ4n) is 3.23. The van der Waals surface area contributed by atoms with E-state index in [0.717, 1.165) is 43.1 Å². The van der Waals surface area contributed by atoms with E-state index < -0.39 is 6.10 Å². The van der Waals surface area contributed by atoms with E-state index in [1.54, 1.807) is 11.9 Å². The zero-order valence-electron chi connectivity index (χ0n) is 12.7. The van der Waals surface area contributed by atoms with Crippen molar-refractivity contribution in [1.82, 2.24) is 4.90 Å². The summed E-state index contributed by atoms with van der Waals surface area (Å²) in [5.74, 6) is -0.241. The SMILES string of the molecule is CCCN1CCN(c2ccc3c(c2)N(C)C(=O)C3O)CC1. The summed E-state index contributed by atoms with van der Waals surface area (Å²) in [7, 11) is 1.72. The van der Waals surface area contributed by atoms with Crippen molar-refractivity contribution in [2.75, 3.05) is 49.6 Å². The van der Waals surface area contributed by atoms with Crippen LogP contribution in [0, 0.1) is 0 Å². The van der Waals surface area contributed by atoms with Gasteiger partial charge in [-0.15, -0.1) is 0 Å². The van der Waals surface area contributed by atoms with Crippen molar-refractivity contribution in [2.45, 2.75) is 19.4 Å². The number of carbonyl (C=O) groups excluding carboxylic acids is 1. The molecule has 0 bridgehead atoms. The lowest BCUT2D eigenvalue weighted by Crippen LogP contribution is -2.46. The molecule has 1 aromatic rings. The second-order valence-corrected chi connectivity index (χ2v) is 5.87. The number of nitrogens with zero attached hydrogens (tertiary/aromatic N) is 3. The zero-order valence-corrected chi connectivity index (χ0v) is 12.7. The number of aliphatic hydroxyl groups excluding tert-OH is 1. The van der Waals surface area contributed by atoms with E-state index in [2.05, 4.69) is 16.7 Å². The van der Waals surface area contributed by atoms with Gasteiger partial charge >= 0.3 is 0 Å². The van der Waals surface area contributed by atoms with Crippen LogP contribution >= 0.6 is 0 Å². The van der Waals surface area contributed by atoms with Crippen LogP contribution in [-0.4, -0.2) is 55.7 Å². The number of piperazine rings is 1. The molecule has 1 unspecified atom stereocenters. The summed E-state index contributed by atoms with van der Waals surface area (Å²) >= 11 is 0. The largest absolute Gasteiger partial charge is 0.378 e. The molecule has 0 radical (unpaired) electrons. The van der Waals surface area contributed by atoms with Crippen LogP contribution in [0.25, 0.3) is 0 Å². The Bertz CT molecular complexity index is 538. The summed E-state index contributed by atoms with van der Waals surface area (Å²) in [4.78, 5) is 18.2. The van der Waals surface area contributed by atoms with Crippen molar-refractivity contribution >= 4 is 17.3 Å². The molecule has 1 aromatic carbocycles. The van der Waals surface area contributed by atoms with E-state index in [9.17, 15) is 9.90 Å². The number of carbonyl (C=O) groups is 1. The molecule has 21 heavy (non-hydrogen) atoms. The van der Waals surface area contributed by atoms with Crippen LogP contribution in [0.2, 0.25) is 0 Å². The number of aliphatic hydroxyl groups is 1. The number of fused-ring (bicyclic) bond motifs is 1. The molecule has 1 fully saturated rings. The predicted octanol–water partition coefficient (Wildman–Crippen LogP) is 1.23. The van der Waals surface area contributed by atoms with Gasteiger partial charge in [0.1, 0.15) is 0 Å². The first kappa shape index (κ1) is 14.4. The van der Waals surface area contributed by atoms with Crippen LogP contribution in [0.3, 0.4) is 0 Å². The number of hydrogen-bond donors (Lipinski definition) is 1. The number of benzene rings is 1. The van der Waals surface area contributed by atoms with E-state index >= 15 is 0 Å². The van der Waals surface area contributed by atoms with Gasteiger partial charge in [-0.2, -0.15) is 0 Å². The number of rotatable bonds is 3. The van der Waals surface area contributed by atoms with Gasteiger partial charge in [-0.3, -0.25) is 9.69 Å². The second kappa shape index (κ2) is 5.66. The van der Waals surface area contributed by atoms with Gasteiger partial charge in [-0.05, 0) is 25.1 Å². The van der Waals surface area contributed by atoms with Crippen LogP contribution in [0.1, 0.15) is 25.0 Å². The molecule has 0 saturated carbocycles. The van der Waals surface area contributed by atoms with E-state index in [0.29, 0.717) is 0 Å². The normalized spacial score (nSPS) is 22.8. The summed E-state index contributed by atoms with van der Waals surface area (Å²) in [6.45, 7) is 7.58. The molecule has 1 saturated heterocycles. The van der Waals surface area contributed by atoms with Crippen LogP contribution in [0.4, 0.5) is 11.4 Å². The van der Waals surface area contributed by atoms with Crippen molar-refractivity contribution < 1.29 is 9.90 Å². The van der Waals surface area contributed by atoms with Gasteiger partial charge in [0.2, 0.25) is 0 Å². The lowest BCUT2D eigenvalue weighted by molar-refractivity contribution is -0.125. The Balaban J connectivity index is 1.76. The highest BCUT2D eigenvalue weighted by molar-refractivity contribution is 6.03. The Labute approximate surface area is 125 Å². The fourth-order valence-corrected chi connectivity index (χ4v) is 3.23. The zero-order chi connectivity index (χ0) is 15.0. The van der Waals surface area contributed by atoms with E-state index in [1.165, 1.54) is 13.0 Å². The standard InChI is InChI=1S/C16H23N3O2/c1-3-6-18-7-9-19(10-8-18)12-4-5-13-14(11-12)17(2)16(21)15(13)20/h4-5,11,15,20H,3,6-10H2,1-2H3. The topological polar surface area (TPSA) is 47.0 Å². The number of amides is 1. The van der Waals surface area contributed by atoms with Crippen molar-refractivity contribution in [3.8, 4) is 0 Å². The van der Waals surface area contributed by atoms with Gasteiger partial charge in [-0.25, -0.2) is 0 Å². The number of likely N-dealkylation sites (N-methyl/N-ethyl adjacent to an activating group) is 1. The summed E-state index contributed by atoms with van der Waals surface area (Å²) in [6.07, 6.45) is 0.198. The maximum atomic E-state index is 11.8. The van der Waals surface area contributed by atoms with Gasteiger partial charge in [0.25, 0.3) is 5.91 Å². The molecule has 1 atom stereocenters. The van der Waals surface area contributed by atoms with Crippen molar-refractivity contribution in [1.29, 1.82) is 0 Å². The predicted molar refractivity (Wildman–Crippen MR) is 83.8 cm³/mol. The van der Waals surface area contributed by atoms with Crippen molar-refractivity contribution in [3.05, 3.63) is 23.8 Å². The quantitative estimate of drug-likeness (QED) is 0.909. The molecule has 114 valence electrons.